The number of carbonyl (C=O) groups is 1. The van der Waals surface area contributed by atoms with E-state index in [4.69, 9.17) is 16.6 Å². The minimum absolute atomic E-state index is 0.0472. The number of unbranched alkanes of at least 4 members (excludes halogenated alkanes) is 16. The van der Waals surface area contributed by atoms with E-state index >= 15 is 0 Å². The molecule has 0 radical (unpaired) electrons. The number of carboxylic acids is 1. The van der Waals surface area contributed by atoms with Crippen molar-refractivity contribution >= 4 is 5.97 Å². The second kappa shape index (κ2) is 18.6. The Morgan fingerprint density at radius 2 is 0.923 bits per heavy atom. The van der Waals surface area contributed by atoms with Crippen LogP contribution >= 0.6 is 0 Å². The summed E-state index contributed by atoms with van der Waals surface area (Å²) >= 11 is 0. The molecule has 0 aromatic heterocycles. The van der Waals surface area contributed by atoms with Gasteiger partial charge in [-0.25, -0.2) is 4.79 Å². The normalized spacial score (nSPS) is 10.8. The van der Waals surface area contributed by atoms with E-state index in [1.165, 1.54) is 96.3 Å². The minimum atomic E-state index is -0.985. The molecule has 154 valence electrons. The van der Waals surface area contributed by atoms with Crippen molar-refractivity contribution in [1.29, 1.82) is 0 Å². The van der Waals surface area contributed by atoms with E-state index in [0.717, 1.165) is 12.8 Å². The highest BCUT2D eigenvalue weighted by atomic mass is 16.4. The van der Waals surface area contributed by atoms with Gasteiger partial charge in [-0.2, -0.15) is 0 Å². The molecule has 0 atom stereocenters. The zero-order valence-corrected chi connectivity index (χ0v) is 17.2. The lowest BCUT2D eigenvalue weighted by Crippen LogP contribution is -2.17. The molecule has 0 unspecified atom stereocenters. The van der Waals surface area contributed by atoms with Crippen LogP contribution in [0, 0.1) is 0 Å². The molecule has 0 aromatic rings. The van der Waals surface area contributed by atoms with Gasteiger partial charge in [0.15, 0.2) is 0 Å². The zero-order chi connectivity index (χ0) is 19.5. The molecule has 0 aliphatic heterocycles. The van der Waals surface area contributed by atoms with Crippen molar-refractivity contribution in [3.05, 3.63) is 11.4 Å². The van der Waals surface area contributed by atoms with Gasteiger partial charge in [-0.15, -0.1) is 0 Å². The van der Waals surface area contributed by atoms with Crippen LogP contribution in [0.3, 0.4) is 0 Å². The molecule has 0 amide bonds. The maximum atomic E-state index is 10.9. The first-order chi connectivity index (χ1) is 12.6. The fraction of sp³-hybridized carbons (Fsp3) is 0.864. The van der Waals surface area contributed by atoms with Gasteiger partial charge in [0, 0.05) is 0 Å². The molecule has 0 fully saturated rings. The van der Waals surface area contributed by atoms with Crippen molar-refractivity contribution in [1.82, 2.24) is 0 Å². The third-order valence-corrected chi connectivity index (χ3v) is 5.14. The summed E-state index contributed by atoms with van der Waals surface area (Å²) < 4.78 is 0. The number of carboxylic acid groups (broad SMARTS) is 1. The van der Waals surface area contributed by atoms with Crippen LogP contribution in [0.1, 0.15) is 122 Å². The van der Waals surface area contributed by atoms with Gasteiger partial charge in [0.25, 0.3) is 0 Å². The third kappa shape index (κ3) is 16.3. The van der Waals surface area contributed by atoms with E-state index in [9.17, 15) is 4.79 Å². The predicted molar refractivity (Wildman–Crippen MR) is 112 cm³/mol. The fourth-order valence-corrected chi connectivity index (χ4v) is 3.40. The van der Waals surface area contributed by atoms with Gasteiger partial charge in [-0.3, -0.25) is 0 Å². The lowest BCUT2D eigenvalue weighted by Gasteiger charge is -2.05. The van der Waals surface area contributed by atoms with E-state index in [-0.39, 0.29) is 11.4 Å². The Bertz CT molecular complexity index is 363. The van der Waals surface area contributed by atoms with Crippen LogP contribution in [0.5, 0.6) is 0 Å². The van der Waals surface area contributed by atoms with E-state index in [1.807, 2.05) is 0 Å². The molecule has 0 saturated carbocycles. The molecule has 0 spiro atoms. The Balaban J connectivity index is 3.23. The second-order valence-electron chi connectivity index (χ2n) is 7.65. The van der Waals surface area contributed by atoms with Gasteiger partial charge in [-0.05, 0) is 12.8 Å². The Morgan fingerprint density at radius 1 is 0.615 bits per heavy atom. The summed E-state index contributed by atoms with van der Waals surface area (Å²) in [6, 6.07) is 0. The van der Waals surface area contributed by atoms with Crippen molar-refractivity contribution in [2.45, 2.75) is 122 Å². The molecule has 4 nitrogen and oxygen atoms in total. The Labute approximate surface area is 161 Å². The number of aliphatic carboxylic acids is 1. The van der Waals surface area contributed by atoms with Crippen LogP contribution in [-0.4, -0.2) is 11.1 Å². The highest BCUT2D eigenvalue weighted by molar-refractivity contribution is 5.87. The van der Waals surface area contributed by atoms with Crippen LogP contribution in [0.2, 0.25) is 0 Å². The van der Waals surface area contributed by atoms with Crippen LogP contribution in [0.4, 0.5) is 0 Å². The van der Waals surface area contributed by atoms with E-state index in [0.29, 0.717) is 6.42 Å². The highest BCUT2D eigenvalue weighted by Crippen LogP contribution is 2.15. The third-order valence-electron chi connectivity index (χ3n) is 5.14. The molecule has 0 bridgehead atoms. The molecule has 0 aliphatic rings. The molecular weight excluding hydrogens is 324 g/mol. The first kappa shape index (κ1) is 24.8. The van der Waals surface area contributed by atoms with Crippen molar-refractivity contribution in [3.8, 4) is 0 Å². The van der Waals surface area contributed by atoms with E-state index < -0.39 is 5.97 Å². The molecular formula is C22H44N2O2. The number of hydrogen-bond acceptors (Lipinski definition) is 3. The van der Waals surface area contributed by atoms with E-state index in [2.05, 4.69) is 6.92 Å². The van der Waals surface area contributed by atoms with Gasteiger partial charge >= 0.3 is 5.97 Å². The van der Waals surface area contributed by atoms with Crippen LogP contribution in [0.25, 0.3) is 0 Å². The highest BCUT2D eigenvalue weighted by Gasteiger charge is 2.09. The summed E-state index contributed by atoms with van der Waals surface area (Å²) in [6.07, 6.45) is 22.9. The zero-order valence-electron chi connectivity index (χ0n) is 17.2. The topological polar surface area (TPSA) is 89.3 Å². The monoisotopic (exact) mass is 368 g/mol. The summed E-state index contributed by atoms with van der Waals surface area (Å²) in [4.78, 5) is 10.9. The second-order valence-corrected chi connectivity index (χ2v) is 7.65. The van der Waals surface area contributed by atoms with Crippen molar-refractivity contribution in [3.63, 3.8) is 0 Å². The minimum Gasteiger partial charge on any atom is -0.478 e. The molecule has 0 aromatic carbocycles. The standard InChI is InChI=1S/C22H44N2O2/c1-2-3-4-5-6-7-8-9-10-11-12-13-14-15-16-17-18-19-20(21(23)24)22(25)26/h2-19,23-24H2,1H3,(H,25,26). The lowest BCUT2D eigenvalue weighted by molar-refractivity contribution is -0.132. The van der Waals surface area contributed by atoms with Crippen molar-refractivity contribution in [2.24, 2.45) is 11.5 Å². The average Bonchev–Trinajstić information content (AvgIpc) is 2.60. The Morgan fingerprint density at radius 3 is 1.19 bits per heavy atom. The first-order valence-electron chi connectivity index (χ1n) is 11.1. The SMILES string of the molecule is CCCCCCCCCCCCCCCCCCCC(C(=O)O)=C(N)N. The summed E-state index contributed by atoms with van der Waals surface area (Å²) in [6.45, 7) is 2.27. The molecule has 5 N–H and O–H groups in total. The lowest BCUT2D eigenvalue weighted by atomic mass is 10.0. The average molecular weight is 369 g/mol. The van der Waals surface area contributed by atoms with Crippen molar-refractivity contribution in [2.75, 3.05) is 0 Å². The molecule has 26 heavy (non-hydrogen) atoms. The molecule has 0 rings (SSSR count). The van der Waals surface area contributed by atoms with Gasteiger partial charge < -0.3 is 16.6 Å². The number of nitrogens with two attached hydrogens (primary N) is 2. The van der Waals surface area contributed by atoms with E-state index in [1.54, 1.807) is 0 Å². The van der Waals surface area contributed by atoms with Crippen LogP contribution in [0.15, 0.2) is 11.4 Å². The predicted octanol–water partition coefficient (Wildman–Crippen LogP) is 6.24. The summed E-state index contributed by atoms with van der Waals surface area (Å²) in [5.74, 6) is -1.03. The van der Waals surface area contributed by atoms with Crippen LogP contribution in [-0.2, 0) is 4.79 Å². The molecule has 4 heteroatoms. The Kier molecular flexibility index (Phi) is 17.7. The van der Waals surface area contributed by atoms with Gasteiger partial charge in [0.1, 0.15) is 5.82 Å². The number of hydrogen-bond donors (Lipinski definition) is 3. The maximum absolute atomic E-state index is 10.9. The fourth-order valence-electron chi connectivity index (χ4n) is 3.40. The quantitative estimate of drug-likeness (QED) is 0.186. The summed E-state index contributed by atoms with van der Waals surface area (Å²) in [7, 11) is 0. The maximum Gasteiger partial charge on any atom is 0.335 e. The largest absolute Gasteiger partial charge is 0.478 e. The van der Waals surface area contributed by atoms with Gasteiger partial charge in [0.05, 0.1) is 5.57 Å². The number of rotatable bonds is 19. The smallest absolute Gasteiger partial charge is 0.335 e. The Hall–Kier alpha value is -1.19. The summed E-state index contributed by atoms with van der Waals surface area (Å²) in [5.41, 5.74) is 10.9. The molecule has 0 aliphatic carbocycles. The molecule has 0 heterocycles. The molecule has 0 saturated heterocycles. The van der Waals surface area contributed by atoms with Gasteiger partial charge in [0.2, 0.25) is 0 Å². The first-order valence-corrected chi connectivity index (χ1v) is 11.1. The van der Waals surface area contributed by atoms with Crippen molar-refractivity contribution < 1.29 is 9.90 Å². The van der Waals surface area contributed by atoms with Crippen LogP contribution < -0.4 is 11.5 Å². The van der Waals surface area contributed by atoms with Gasteiger partial charge in [-0.1, -0.05) is 110 Å². The summed E-state index contributed by atoms with van der Waals surface area (Å²) in [5, 5.41) is 8.96.